The van der Waals surface area contributed by atoms with Gasteiger partial charge in [-0.3, -0.25) is 0 Å². The van der Waals surface area contributed by atoms with Gasteiger partial charge in [0.1, 0.15) is 0 Å². The molecule has 1 N–H and O–H groups in total. The first kappa shape index (κ1) is 8.65. The van der Waals surface area contributed by atoms with Crippen molar-refractivity contribution in [1.29, 1.82) is 0 Å². The molecule has 0 aromatic heterocycles. The third-order valence-corrected chi connectivity index (χ3v) is 2.44. The Morgan fingerprint density at radius 1 is 1.27 bits per heavy atom. The molecule has 0 amide bonds. The quantitative estimate of drug-likeness (QED) is 0.595. The van der Waals surface area contributed by atoms with Gasteiger partial charge in [-0.1, -0.05) is 6.42 Å². The predicted molar refractivity (Wildman–Crippen MR) is 46.7 cm³/mol. The van der Waals surface area contributed by atoms with Crippen LogP contribution in [0.1, 0.15) is 32.1 Å². The summed E-state index contributed by atoms with van der Waals surface area (Å²) in [5.74, 6) is -0.795. The molecule has 2 nitrogen and oxygen atoms in total. The number of rotatable bonds is 1. The maximum absolute atomic E-state index is 10.6. The molecule has 0 atom stereocenters. The monoisotopic (exact) mass is 172 g/mol. The molecule has 62 valence electrons. The number of carbonyl (C=O) groups is 1. The summed E-state index contributed by atoms with van der Waals surface area (Å²) in [7, 11) is 0. The van der Waals surface area contributed by atoms with Crippen LogP contribution in [0.15, 0.2) is 10.5 Å². The summed E-state index contributed by atoms with van der Waals surface area (Å²) in [6.45, 7) is 0. The third kappa shape index (κ3) is 2.26. The molecule has 3 heteroatoms. The topological polar surface area (TPSA) is 37.3 Å². The van der Waals surface area contributed by atoms with Crippen LogP contribution in [0.4, 0.5) is 0 Å². The molecular formula is C8H12O2S. The Kier molecular flexibility index (Phi) is 3.00. The summed E-state index contributed by atoms with van der Waals surface area (Å²) in [4.78, 5) is 11.4. The molecule has 0 fully saturated rings. The van der Waals surface area contributed by atoms with Gasteiger partial charge < -0.3 is 5.11 Å². The predicted octanol–water partition coefficient (Wildman–Crippen LogP) is 2.22. The van der Waals surface area contributed by atoms with Gasteiger partial charge in [0.2, 0.25) is 0 Å². The van der Waals surface area contributed by atoms with Crippen LogP contribution in [-0.2, 0) is 4.79 Å². The lowest BCUT2D eigenvalue weighted by molar-refractivity contribution is -0.132. The van der Waals surface area contributed by atoms with Crippen LogP contribution in [0, 0.1) is 0 Å². The minimum atomic E-state index is -0.795. The first-order valence-corrected chi connectivity index (χ1v) is 4.31. The summed E-state index contributed by atoms with van der Waals surface area (Å²) in [5, 5.41) is 8.73. The van der Waals surface area contributed by atoms with Crippen LogP contribution >= 0.6 is 12.6 Å². The Bertz CT molecular complexity index is 196. The Hall–Kier alpha value is -0.440. The van der Waals surface area contributed by atoms with E-state index in [4.69, 9.17) is 5.11 Å². The minimum absolute atomic E-state index is 0.519. The number of aliphatic carboxylic acids is 1. The van der Waals surface area contributed by atoms with Gasteiger partial charge in [0.05, 0.1) is 0 Å². The van der Waals surface area contributed by atoms with E-state index >= 15 is 0 Å². The van der Waals surface area contributed by atoms with Crippen LogP contribution in [0.2, 0.25) is 0 Å². The van der Waals surface area contributed by atoms with Crippen molar-refractivity contribution >= 4 is 18.6 Å². The van der Waals surface area contributed by atoms with E-state index in [0.29, 0.717) is 12.0 Å². The van der Waals surface area contributed by atoms with E-state index in [-0.39, 0.29) is 0 Å². The molecule has 0 aromatic carbocycles. The van der Waals surface area contributed by atoms with Gasteiger partial charge in [0, 0.05) is 5.57 Å². The fourth-order valence-corrected chi connectivity index (χ4v) is 1.66. The highest BCUT2D eigenvalue weighted by atomic mass is 32.1. The number of allylic oxidation sites excluding steroid dienone is 1. The van der Waals surface area contributed by atoms with Crippen molar-refractivity contribution in [2.75, 3.05) is 0 Å². The Morgan fingerprint density at radius 2 is 1.91 bits per heavy atom. The summed E-state index contributed by atoms with van der Waals surface area (Å²) in [6, 6.07) is 0. The van der Waals surface area contributed by atoms with Crippen molar-refractivity contribution in [2.24, 2.45) is 0 Å². The fraction of sp³-hybridized carbons (Fsp3) is 0.625. The number of carboxylic acids is 1. The van der Waals surface area contributed by atoms with Crippen LogP contribution in [0.25, 0.3) is 0 Å². The van der Waals surface area contributed by atoms with E-state index in [9.17, 15) is 4.79 Å². The summed E-state index contributed by atoms with van der Waals surface area (Å²) in [5.41, 5.74) is 0.519. The molecule has 1 aliphatic rings. The molecule has 0 aromatic rings. The average molecular weight is 172 g/mol. The van der Waals surface area contributed by atoms with Gasteiger partial charge in [-0.15, -0.1) is 12.6 Å². The van der Waals surface area contributed by atoms with E-state index < -0.39 is 5.97 Å². The van der Waals surface area contributed by atoms with Gasteiger partial charge in [0.25, 0.3) is 0 Å². The summed E-state index contributed by atoms with van der Waals surface area (Å²) in [6.07, 6.45) is 4.72. The highest BCUT2D eigenvalue weighted by Gasteiger charge is 2.14. The molecule has 11 heavy (non-hydrogen) atoms. The highest BCUT2D eigenvalue weighted by molar-refractivity contribution is 7.84. The lowest BCUT2D eigenvalue weighted by Crippen LogP contribution is -2.01. The normalized spacial score (nSPS) is 19.7. The molecule has 0 radical (unpaired) electrons. The van der Waals surface area contributed by atoms with Crippen molar-refractivity contribution in [2.45, 2.75) is 32.1 Å². The Labute approximate surface area is 71.7 Å². The van der Waals surface area contributed by atoms with Gasteiger partial charge in [-0.05, 0) is 30.6 Å². The zero-order valence-corrected chi connectivity index (χ0v) is 7.23. The molecule has 0 unspecified atom stereocenters. The van der Waals surface area contributed by atoms with E-state index in [1.54, 1.807) is 0 Å². The van der Waals surface area contributed by atoms with E-state index in [2.05, 4.69) is 12.6 Å². The molecule has 0 bridgehead atoms. The molecule has 0 heterocycles. The van der Waals surface area contributed by atoms with Crippen LogP contribution in [-0.4, -0.2) is 11.1 Å². The van der Waals surface area contributed by atoms with Crippen molar-refractivity contribution < 1.29 is 9.90 Å². The maximum atomic E-state index is 10.6. The first-order valence-electron chi connectivity index (χ1n) is 3.86. The molecular weight excluding hydrogens is 160 g/mol. The van der Waals surface area contributed by atoms with Crippen molar-refractivity contribution in [3.8, 4) is 0 Å². The molecule has 1 aliphatic carbocycles. The molecule has 0 aliphatic heterocycles. The van der Waals surface area contributed by atoms with Crippen molar-refractivity contribution in [3.63, 3.8) is 0 Å². The van der Waals surface area contributed by atoms with Crippen molar-refractivity contribution in [1.82, 2.24) is 0 Å². The molecule has 0 saturated heterocycles. The van der Waals surface area contributed by atoms with Crippen molar-refractivity contribution in [3.05, 3.63) is 10.5 Å². The van der Waals surface area contributed by atoms with Gasteiger partial charge in [-0.2, -0.15) is 0 Å². The third-order valence-electron chi connectivity index (χ3n) is 1.95. The second-order valence-electron chi connectivity index (χ2n) is 2.79. The number of hydrogen-bond donors (Lipinski definition) is 2. The van der Waals surface area contributed by atoms with Crippen LogP contribution < -0.4 is 0 Å². The summed E-state index contributed by atoms with van der Waals surface area (Å²) >= 11 is 4.16. The van der Waals surface area contributed by atoms with Gasteiger partial charge in [-0.25, -0.2) is 4.79 Å². The highest BCUT2D eigenvalue weighted by Crippen LogP contribution is 2.25. The number of thiol groups is 1. The zero-order valence-electron chi connectivity index (χ0n) is 6.34. The minimum Gasteiger partial charge on any atom is -0.478 e. The number of carboxylic acid groups (broad SMARTS) is 1. The molecule has 1 rings (SSSR count). The lowest BCUT2D eigenvalue weighted by Gasteiger charge is -2.00. The zero-order chi connectivity index (χ0) is 8.27. The van der Waals surface area contributed by atoms with Gasteiger partial charge in [0.15, 0.2) is 0 Å². The molecule has 0 spiro atoms. The van der Waals surface area contributed by atoms with E-state index in [1.807, 2.05) is 0 Å². The fourth-order valence-electron chi connectivity index (χ4n) is 1.30. The lowest BCUT2D eigenvalue weighted by atomic mass is 10.1. The smallest absolute Gasteiger partial charge is 0.332 e. The van der Waals surface area contributed by atoms with E-state index in [1.165, 1.54) is 0 Å². The van der Waals surface area contributed by atoms with E-state index in [0.717, 1.165) is 30.6 Å². The molecule has 0 saturated carbocycles. The first-order chi connectivity index (χ1) is 5.22. The maximum Gasteiger partial charge on any atom is 0.332 e. The Balaban J connectivity index is 2.76. The van der Waals surface area contributed by atoms with Gasteiger partial charge >= 0.3 is 5.97 Å². The number of hydrogen-bond acceptors (Lipinski definition) is 2. The largest absolute Gasteiger partial charge is 0.478 e. The Morgan fingerprint density at radius 3 is 2.55 bits per heavy atom. The second kappa shape index (κ2) is 3.81. The van der Waals surface area contributed by atoms with Crippen LogP contribution in [0.5, 0.6) is 0 Å². The second-order valence-corrected chi connectivity index (χ2v) is 3.33. The SMILES string of the molecule is O=C(O)C1=C(S)CCCCC1. The average Bonchev–Trinajstić information content (AvgIpc) is 2.13. The van der Waals surface area contributed by atoms with Crippen LogP contribution in [0.3, 0.4) is 0 Å². The summed E-state index contributed by atoms with van der Waals surface area (Å²) < 4.78 is 0. The standard InChI is InChI=1S/C8H12O2S/c9-8(10)6-4-2-1-3-5-7(6)11/h11H,1-5H2,(H,9,10).